The van der Waals surface area contributed by atoms with Gasteiger partial charge >= 0.3 is 0 Å². The topological polar surface area (TPSA) is 63.2 Å². The summed E-state index contributed by atoms with van der Waals surface area (Å²) >= 11 is 3.35. The number of imidazole rings is 1. The Morgan fingerprint density at radius 3 is 2.68 bits per heavy atom. The number of ether oxygens (including phenoxy) is 1. The van der Waals surface area contributed by atoms with E-state index in [1.165, 1.54) is 0 Å². The molecule has 2 heterocycles. The van der Waals surface area contributed by atoms with Crippen molar-refractivity contribution in [2.75, 3.05) is 0 Å². The molecule has 0 saturated heterocycles. The number of halogens is 1. The highest BCUT2D eigenvalue weighted by Crippen LogP contribution is 2.21. The van der Waals surface area contributed by atoms with Gasteiger partial charge in [-0.2, -0.15) is 5.26 Å². The van der Waals surface area contributed by atoms with Crippen LogP contribution in [0.1, 0.15) is 5.56 Å². The van der Waals surface area contributed by atoms with E-state index in [1.807, 2.05) is 6.07 Å². The average Bonchev–Trinajstić information content (AvgIpc) is 2.81. The molecule has 0 unspecified atom stereocenters. The van der Waals surface area contributed by atoms with Gasteiger partial charge in [0.05, 0.1) is 17.8 Å². The highest BCUT2D eigenvalue weighted by Gasteiger charge is 2.04. The van der Waals surface area contributed by atoms with Crippen molar-refractivity contribution in [3.8, 4) is 17.7 Å². The molecule has 0 spiro atoms. The van der Waals surface area contributed by atoms with Crippen molar-refractivity contribution in [1.29, 1.82) is 5.26 Å². The minimum absolute atomic E-state index is 0.455. The maximum absolute atomic E-state index is 8.72. The molecule has 0 N–H and O–H groups in total. The summed E-state index contributed by atoms with van der Waals surface area (Å²) in [6.45, 7) is 0. The van der Waals surface area contributed by atoms with Crippen LogP contribution >= 0.6 is 15.9 Å². The second-order valence-electron chi connectivity index (χ2n) is 3.76. The molecule has 92 valence electrons. The lowest BCUT2D eigenvalue weighted by Crippen LogP contribution is -1.95. The Labute approximate surface area is 117 Å². The zero-order chi connectivity index (χ0) is 13.2. The van der Waals surface area contributed by atoms with Crippen LogP contribution in [0.3, 0.4) is 0 Å². The zero-order valence-electron chi connectivity index (χ0n) is 9.62. The number of hydrogen-bond acceptors (Lipinski definition) is 4. The number of nitriles is 1. The van der Waals surface area contributed by atoms with E-state index in [0.29, 0.717) is 17.2 Å². The Kier molecular flexibility index (Phi) is 2.89. The first-order valence-electron chi connectivity index (χ1n) is 5.44. The molecule has 6 heteroatoms. The molecule has 0 radical (unpaired) electrons. The molecule has 0 bridgehead atoms. The Morgan fingerprint density at radius 1 is 1.16 bits per heavy atom. The molecule has 3 rings (SSSR count). The summed E-state index contributed by atoms with van der Waals surface area (Å²) in [7, 11) is 0. The highest BCUT2D eigenvalue weighted by atomic mass is 79.9. The molecular weight excluding hydrogens is 308 g/mol. The van der Waals surface area contributed by atoms with Crippen LogP contribution < -0.4 is 4.74 Å². The molecule has 0 amide bonds. The van der Waals surface area contributed by atoms with Crippen LogP contribution in [0, 0.1) is 11.3 Å². The summed E-state index contributed by atoms with van der Waals surface area (Å²) in [6.07, 6.45) is 1.67. The van der Waals surface area contributed by atoms with E-state index in [4.69, 9.17) is 10.00 Å². The van der Waals surface area contributed by atoms with Gasteiger partial charge in [0, 0.05) is 6.07 Å². The number of benzene rings is 1. The van der Waals surface area contributed by atoms with Crippen LogP contribution in [0.4, 0.5) is 0 Å². The molecule has 0 atom stereocenters. The van der Waals surface area contributed by atoms with Crippen molar-refractivity contribution in [2.24, 2.45) is 0 Å². The fourth-order valence-corrected chi connectivity index (χ4v) is 1.96. The van der Waals surface area contributed by atoms with Crippen LogP contribution in [0.2, 0.25) is 0 Å². The maximum Gasteiger partial charge on any atom is 0.237 e. The third kappa shape index (κ3) is 2.28. The lowest BCUT2D eigenvalue weighted by molar-refractivity contribution is 0.452. The summed E-state index contributed by atoms with van der Waals surface area (Å²) < 4.78 is 8.02. The van der Waals surface area contributed by atoms with Gasteiger partial charge in [-0.25, -0.2) is 9.50 Å². The van der Waals surface area contributed by atoms with Gasteiger partial charge < -0.3 is 4.74 Å². The number of rotatable bonds is 2. The monoisotopic (exact) mass is 314 g/mol. The molecule has 5 nitrogen and oxygen atoms in total. The van der Waals surface area contributed by atoms with Gasteiger partial charge in [0.2, 0.25) is 5.88 Å². The van der Waals surface area contributed by atoms with Crippen LogP contribution in [-0.4, -0.2) is 14.6 Å². The van der Waals surface area contributed by atoms with Crippen LogP contribution in [0.25, 0.3) is 5.65 Å². The lowest BCUT2D eigenvalue weighted by atomic mass is 10.2. The van der Waals surface area contributed by atoms with Crippen molar-refractivity contribution in [3.05, 3.63) is 52.8 Å². The predicted molar refractivity (Wildman–Crippen MR) is 71.9 cm³/mol. The first-order chi connectivity index (χ1) is 9.26. The van der Waals surface area contributed by atoms with E-state index in [-0.39, 0.29) is 0 Å². The molecule has 3 aromatic rings. The van der Waals surface area contributed by atoms with E-state index in [9.17, 15) is 0 Å². The molecule has 2 aromatic heterocycles. The Hall–Kier alpha value is -2.39. The van der Waals surface area contributed by atoms with E-state index in [2.05, 4.69) is 32.1 Å². The van der Waals surface area contributed by atoms with Gasteiger partial charge in [0.25, 0.3) is 0 Å². The quantitative estimate of drug-likeness (QED) is 0.729. The SMILES string of the molecule is N#Cc1ccc(Oc2ccc3ncc(Br)n3n2)cc1. The van der Waals surface area contributed by atoms with Gasteiger partial charge in [0.15, 0.2) is 5.65 Å². The fraction of sp³-hybridized carbons (Fsp3) is 0. The third-order valence-corrected chi connectivity index (χ3v) is 3.04. The molecule has 0 aliphatic heterocycles. The predicted octanol–water partition coefficient (Wildman–Crippen LogP) is 3.16. The first-order valence-corrected chi connectivity index (χ1v) is 6.24. The van der Waals surface area contributed by atoms with Gasteiger partial charge in [0.1, 0.15) is 10.4 Å². The summed E-state index contributed by atoms with van der Waals surface area (Å²) in [4.78, 5) is 4.15. The Balaban J connectivity index is 1.91. The second kappa shape index (κ2) is 4.71. The van der Waals surface area contributed by atoms with E-state index >= 15 is 0 Å². The second-order valence-corrected chi connectivity index (χ2v) is 4.57. The Bertz CT molecular complexity index is 773. The van der Waals surface area contributed by atoms with Gasteiger partial charge in [-0.05, 0) is 46.3 Å². The first kappa shape index (κ1) is 11.7. The van der Waals surface area contributed by atoms with Crippen molar-refractivity contribution < 1.29 is 4.74 Å². The van der Waals surface area contributed by atoms with Crippen LogP contribution in [0.5, 0.6) is 11.6 Å². The Morgan fingerprint density at radius 2 is 1.95 bits per heavy atom. The van der Waals surface area contributed by atoms with Gasteiger partial charge in [-0.15, -0.1) is 5.10 Å². The van der Waals surface area contributed by atoms with Crippen molar-refractivity contribution >= 4 is 21.6 Å². The van der Waals surface area contributed by atoms with Crippen molar-refractivity contribution in [2.45, 2.75) is 0 Å². The fourth-order valence-electron chi connectivity index (χ4n) is 1.60. The van der Waals surface area contributed by atoms with Gasteiger partial charge in [-0.1, -0.05) is 0 Å². The highest BCUT2D eigenvalue weighted by molar-refractivity contribution is 9.10. The van der Waals surface area contributed by atoms with Crippen molar-refractivity contribution in [3.63, 3.8) is 0 Å². The molecule has 0 aliphatic carbocycles. The smallest absolute Gasteiger partial charge is 0.237 e. The third-order valence-electron chi connectivity index (χ3n) is 2.50. The van der Waals surface area contributed by atoms with E-state index in [1.54, 1.807) is 41.0 Å². The summed E-state index contributed by atoms with van der Waals surface area (Å²) in [5.74, 6) is 1.08. The summed E-state index contributed by atoms with van der Waals surface area (Å²) in [6, 6.07) is 12.5. The summed E-state index contributed by atoms with van der Waals surface area (Å²) in [5.41, 5.74) is 1.33. The molecular formula is C13H7BrN4O. The number of fused-ring (bicyclic) bond motifs is 1. The molecule has 0 fully saturated rings. The minimum Gasteiger partial charge on any atom is -0.438 e. The zero-order valence-corrected chi connectivity index (χ0v) is 11.2. The minimum atomic E-state index is 0.455. The summed E-state index contributed by atoms with van der Waals surface area (Å²) in [5, 5.41) is 13.0. The largest absolute Gasteiger partial charge is 0.438 e. The number of nitrogens with zero attached hydrogens (tertiary/aromatic N) is 4. The van der Waals surface area contributed by atoms with Gasteiger partial charge in [-0.3, -0.25) is 0 Å². The maximum atomic E-state index is 8.72. The lowest BCUT2D eigenvalue weighted by Gasteiger charge is -2.04. The van der Waals surface area contributed by atoms with Crippen LogP contribution in [-0.2, 0) is 0 Å². The standard InChI is InChI=1S/C13H7BrN4O/c14-11-8-16-12-5-6-13(17-18(11)12)19-10-3-1-9(7-15)2-4-10/h1-6,8H. The van der Waals surface area contributed by atoms with E-state index in [0.717, 1.165) is 10.3 Å². The molecule has 0 aliphatic rings. The molecule has 19 heavy (non-hydrogen) atoms. The van der Waals surface area contributed by atoms with E-state index < -0.39 is 0 Å². The number of aromatic nitrogens is 3. The normalized spacial score (nSPS) is 10.3. The van der Waals surface area contributed by atoms with Crippen LogP contribution in [0.15, 0.2) is 47.2 Å². The average molecular weight is 315 g/mol. The molecule has 1 aromatic carbocycles. The molecule has 0 saturated carbocycles. The van der Waals surface area contributed by atoms with Crippen molar-refractivity contribution in [1.82, 2.24) is 14.6 Å². The number of hydrogen-bond donors (Lipinski definition) is 0.